The van der Waals surface area contributed by atoms with E-state index < -0.39 is 17.5 Å². The molecule has 6 rings (SSSR count). The van der Waals surface area contributed by atoms with Gasteiger partial charge >= 0.3 is 11.9 Å². The van der Waals surface area contributed by atoms with Crippen LogP contribution in [-0.4, -0.2) is 41.2 Å². The van der Waals surface area contributed by atoms with Crippen molar-refractivity contribution in [2.75, 3.05) is 18.6 Å². The van der Waals surface area contributed by atoms with Crippen LogP contribution in [0.2, 0.25) is 0 Å². The van der Waals surface area contributed by atoms with Gasteiger partial charge in [0.05, 0.1) is 52.9 Å². The molecule has 10 heteroatoms. The molecule has 202 valence electrons. The quantitative estimate of drug-likeness (QED) is 0.354. The molecular formula is C29H30N4O6. The van der Waals surface area contributed by atoms with Crippen molar-refractivity contribution in [3.8, 4) is 11.4 Å². The van der Waals surface area contributed by atoms with Crippen LogP contribution in [0.15, 0.2) is 34.1 Å². The van der Waals surface area contributed by atoms with E-state index in [0.717, 1.165) is 34.3 Å². The molecule has 0 radical (unpaired) electrons. The van der Waals surface area contributed by atoms with Crippen molar-refractivity contribution in [1.29, 1.82) is 0 Å². The number of anilines is 1. The Hall–Kier alpha value is -4.21. The number of esters is 2. The zero-order chi connectivity index (χ0) is 27.6. The molecule has 3 aliphatic rings. The molecule has 0 amide bonds. The van der Waals surface area contributed by atoms with Crippen molar-refractivity contribution in [3.63, 3.8) is 0 Å². The normalized spacial score (nSPS) is 18.9. The van der Waals surface area contributed by atoms with Crippen LogP contribution in [0.5, 0.6) is 0 Å². The topological polar surface area (TPSA) is 112 Å². The standard InChI is InChI=1S/C29H30N4O6/c1-6-29(39-16(4)34)19-12-22-24-17(13-33(22)26(35)18(19)14-38-27(29)36)25-23-20(30-24)8-7-9-21(23)31-28(37-5)32(25)11-10-15(2)3/h7-9,12,15H,6,10-11,13-14H2,1-5H3/t29-/m0/s1. The molecule has 5 heterocycles. The summed E-state index contributed by atoms with van der Waals surface area (Å²) in [5.41, 5.74) is 3.22. The van der Waals surface area contributed by atoms with Crippen molar-refractivity contribution >= 4 is 40.2 Å². The largest absolute Gasteiger partial charge is 0.468 e. The number of nitrogens with zero attached hydrogens (tertiary/aromatic N) is 4. The number of cyclic esters (lactones) is 1. The predicted molar refractivity (Wildman–Crippen MR) is 145 cm³/mol. The molecule has 1 atom stereocenters. The van der Waals surface area contributed by atoms with Gasteiger partial charge in [-0.3, -0.25) is 14.5 Å². The third kappa shape index (κ3) is 3.57. The van der Waals surface area contributed by atoms with E-state index in [1.165, 1.54) is 6.92 Å². The first-order chi connectivity index (χ1) is 18.7. The highest BCUT2D eigenvalue weighted by molar-refractivity contribution is 6.14. The first kappa shape index (κ1) is 25.1. The summed E-state index contributed by atoms with van der Waals surface area (Å²) < 4.78 is 18.4. The average molecular weight is 531 g/mol. The van der Waals surface area contributed by atoms with E-state index in [1.807, 2.05) is 18.2 Å². The van der Waals surface area contributed by atoms with Crippen LogP contribution in [0.1, 0.15) is 57.2 Å². The fourth-order valence-corrected chi connectivity index (χ4v) is 5.89. The molecular weight excluding hydrogens is 500 g/mol. The summed E-state index contributed by atoms with van der Waals surface area (Å²) in [5.74, 6) is -0.851. The van der Waals surface area contributed by atoms with Crippen LogP contribution in [0.4, 0.5) is 11.4 Å². The highest BCUT2D eigenvalue weighted by Crippen LogP contribution is 2.47. The van der Waals surface area contributed by atoms with Crippen LogP contribution in [0.3, 0.4) is 0 Å². The van der Waals surface area contributed by atoms with Gasteiger partial charge < -0.3 is 18.8 Å². The number of rotatable bonds is 5. The summed E-state index contributed by atoms with van der Waals surface area (Å²) in [5, 5.41) is 0.910. The van der Waals surface area contributed by atoms with E-state index in [9.17, 15) is 14.4 Å². The number of fused-ring (bicyclic) bond motifs is 5. The van der Waals surface area contributed by atoms with Gasteiger partial charge in [-0.25, -0.2) is 9.78 Å². The molecule has 0 aliphatic carbocycles. The van der Waals surface area contributed by atoms with Crippen molar-refractivity contribution in [2.45, 2.75) is 59.3 Å². The van der Waals surface area contributed by atoms with E-state index in [0.29, 0.717) is 47.5 Å². The van der Waals surface area contributed by atoms with Crippen molar-refractivity contribution in [2.24, 2.45) is 10.9 Å². The summed E-state index contributed by atoms with van der Waals surface area (Å²) in [6.07, 6.45) is 1.04. The van der Waals surface area contributed by atoms with Gasteiger partial charge in [0.2, 0.25) is 5.60 Å². The van der Waals surface area contributed by atoms with Crippen molar-refractivity contribution in [3.05, 3.63) is 51.3 Å². The predicted octanol–water partition coefficient (Wildman–Crippen LogP) is 4.15. The Kier molecular flexibility index (Phi) is 5.74. The van der Waals surface area contributed by atoms with Crippen molar-refractivity contribution in [1.82, 2.24) is 9.55 Å². The van der Waals surface area contributed by atoms with Gasteiger partial charge in [-0.15, -0.1) is 0 Å². The molecule has 0 fully saturated rings. The van der Waals surface area contributed by atoms with Gasteiger partial charge in [0, 0.05) is 24.6 Å². The van der Waals surface area contributed by atoms with Crippen LogP contribution < -0.4 is 10.5 Å². The Labute approximate surface area is 225 Å². The molecule has 0 saturated carbocycles. The monoisotopic (exact) mass is 530 g/mol. The van der Waals surface area contributed by atoms with Crippen LogP contribution in [0.25, 0.3) is 22.3 Å². The van der Waals surface area contributed by atoms with Crippen LogP contribution >= 0.6 is 0 Å². The maximum absolute atomic E-state index is 13.9. The second-order valence-electron chi connectivity index (χ2n) is 10.6. The highest BCUT2D eigenvalue weighted by atomic mass is 16.6. The minimum absolute atomic E-state index is 0.130. The van der Waals surface area contributed by atoms with E-state index >= 15 is 0 Å². The minimum atomic E-state index is -1.69. The third-order valence-electron chi connectivity index (χ3n) is 7.78. The first-order valence-electron chi connectivity index (χ1n) is 13.2. The summed E-state index contributed by atoms with van der Waals surface area (Å²) in [6, 6.07) is 8.03. The number of carbonyl (C=O) groups excluding carboxylic acids is 2. The maximum Gasteiger partial charge on any atom is 0.355 e. The summed E-state index contributed by atoms with van der Waals surface area (Å²) in [4.78, 5) is 50.8. The van der Waals surface area contributed by atoms with Gasteiger partial charge in [0.1, 0.15) is 6.61 Å². The summed E-state index contributed by atoms with van der Waals surface area (Å²) >= 11 is 0. The van der Waals surface area contributed by atoms with Gasteiger partial charge in [0.25, 0.3) is 11.6 Å². The van der Waals surface area contributed by atoms with E-state index in [2.05, 4.69) is 18.7 Å². The molecule has 3 aromatic rings. The third-order valence-corrected chi connectivity index (χ3v) is 7.78. The van der Waals surface area contributed by atoms with E-state index in [1.54, 1.807) is 24.7 Å². The lowest BCUT2D eigenvalue weighted by Gasteiger charge is -2.35. The number of methoxy groups -OCH3 is 1. The first-order valence-corrected chi connectivity index (χ1v) is 13.2. The highest BCUT2D eigenvalue weighted by Gasteiger charge is 2.50. The average Bonchev–Trinajstić information content (AvgIpc) is 3.28. The zero-order valence-corrected chi connectivity index (χ0v) is 22.7. The van der Waals surface area contributed by atoms with Gasteiger partial charge in [-0.1, -0.05) is 26.8 Å². The smallest absolute Gasteiger partial charge is 0.355 e. The lowest BCUT2D eigenvalue weighted by molar-refractivity contribution is -0.188. The number of amidine groups is 1. The Bertz CT molecular complexity index is 1660. The Morgan fingerprint density at radius 3 is 2.72 bits per heavy atom. The minimum Gasteiger partial charge on any atom is -0.468 e. The van der Waals surface area contributed by atoms with Gasteiger partial charge in [-0.2, -0.15) is 4.99 Å². The van der Waals surface area contributed by atoms with E-state index in [-0.39, 0.29) is 18.6 Å². The molecule has 2 aromatic heterocycles. The van der Waals surface area contributed by atoms with Gasteiger partial charge in [-0.05, 0) is 37.0 Å². The number of hydrogen-bond acceptors (Lipinski definition) is 9. The Morgan fingerprint density at radius 1 is 1.23 bits per heavy atom. The molecule has 1 aromatic carbocycles. The summed E-state index contributed by atoms with van der Waals surface area (Å²) in [7, 11) is 1.61. The number of benzene rings is 1. The molecule has 0 N–H and O–H groups in total. The molecule has 0 bridgehead atoms. The molecule has 3 aliphatic heterocycles. The Morgan fingerprint density at radius 2 is 2.03 bits per heavy atom. The molecule has 39 heavy (non-hydrogen) atoms. The van der Waals surface area contributed by atoms with Crippen LogP contribution in [0, 0.1) is 5.92 Å². The number of pyridine rings is 2. The second kappa shape index (κ2) is 8.93. The SMILES string of the molecule is CC[C@@]1(OC(C)=O)C(=O)OCc2c1cc1n(c2=O)Cc2c-1nc1cccc3c1c2N(CCC(C)C)C(OC)=N3. The number of carbonyl (C=O) groups is 2. The summed E-state index contributed by atoms with van der Waals surface area (Å²) in [6.45, 7) is 8.10. The van der Waals surface area contributed by atoms with Crippen molar-refractivity contribution < 1.29 is 23.8 Å². The number of aliphatic imine (C=N–C) groups is 1. The molecule has 10 nitrogen and oxygen atoms in total. The molecule has 0 spiro atoms. The van der Waals surface area contributed by atoms with Crippen LogP contribution in [-0.2, 0) is 42.6 Å². The Balaban J connectivity index is 1.62. The number of hydrogen-bond donors (Lipinski definition) is 0. The second-order valence-corrected chi connectivity index (χ2v) is 10.6. The maximum atomic E-state index is 13.9. The molecule has 0 unspecified atom stereocenters. The fourth-order valence-electron chi connectivity index (χ4n) is 5.89. The number of ether oxygens (including phenoxy) is 3. The zero-order valence-electron chi connectivity index (χ0n) is 22.7. The lowest BCUT2D eigenvalue weighted by atomic mass is 9.85. The molecule has 0 saturated heterocycles. The van der Waals surface area contributed by atoms with E-state index in [4.69, 9.17) is 24.2 Å². The fraction of sp³-hybridized carbons (Fsp3) is 0.414. The lowest BCUT2D eigenvalue weighted by Crippen LogP contribution is -2.47. The van der Waals surface area contributed by atoms with Gasteiger partial charge in [0.15, 0.2) is 0 Å². The number of aromatic nitrogens is 2.